The number of alkyl halides is 2. The topological polar surface area (TPSA) is 72.7 Å². The van der Waals surface area contributed by atoms with E-state index in [1.54, 1.807) is 16.8 Å². The van der Waals surface area contributed by atoms with Crippen LogP contribution in [0.2, 0.25) is 0 Å². The van der Waals surface area contributed by atoms with Gasteiger partial charge in [0.15, 0.2) is 5.96 Å². The number of guanidine groups is 1. The number of halogens is 2. The Morgan fingerprint density at radius 1 is 1.27 bits per heavy atom. The lowest BCUT2D eigenvalue weighted by Gasteiger charge is -2.14. The van der Waals surface area contributed by atoms with Crippen LogP contribution in [0.5, 0.6) is 11.5 Å². The van der Waals surface area contributed by atoms with E-state index in [0.29, 0.717) is 30.4 Å². The first-order valence-electron chi connectivity index (χ1n) is 10.2. The van der Waals surface area contributed by atoms with E-state index in [4.69, 9.17) is 4.74 Å². The number of rotatable bonds is 12. The van der Waals surface area contributed by atoms with Crippen molar-refractivity contribution in [2.24, 2.45) is 12.0 Å². The van der Waals surface area contributed by atoms with Gasteiger partial charge in [0.2, 0.25) is 0 Å². The minimum atomic E-state index is -2.91. The Morgan fingerprint density at radius 2 is 2.10 bits per heavy atom. The quantitative estimate of drug-likeness (QED) is 0.311. The fraction of sp³-hybridized carbons (Fsp3) is 0.524. The molecule has 0 amide bonds. The van der Waals surface area contributed by atoms with Crippen molar-refractivity contribution in [1.29, 1.82) is 0 Å². The Labute approximate surface area is 176 Å². The van der Waals surface area contributed by atoms with Crippen molar-refractivity contribution in [3.8, 4) is 11.5 Å². The third-order valence-corrected chi connectivity index (χ3v) is 4.17. The maximum Gasteiger partial charge on any atom is 0.387 e. The Bertz CT molecular complexity index is 795. The standard InChI is InChI=1S/C21H31F2N5O2/c1-4-11-29-18-9-8-17(19(12-18)30-20(22)23)14-26-21(24-5-2)25-10-6-7-16-13-27-28(3)15-16/h8-9,12-13,15,20H,4-7,10-11,14H2,1-3H3,(H2,24,25,26). The fourth-order valence-corrected chi connectivity index (χ4v) is 2.79. The largest absolute Gasteiger partial charge is 0.493 e. The Kier molecular flexibility index (Phi) is 9.90. The summed E-state index contributed by atoms with van der Waals surface area (Å²) >= 11 is 0. The number of nitrogens with one attached hydrogen (secondary N) is 2. The van der Waals surface area contributed by atoms with Crippen LogP contribution >= 0.6 is 0 Å². The van der Waals surface area contributed by atoms with Crippen molar-refractivity contribution < 1.29 is 18.3 Å². The molecule has 2 aromatic rings. The molecule has 0 aliphatic rings. The number of benzene rings is 1. The Hall–Kier alpha value is -2.84. The smallest absolute Gasteiger partial charge is 0.387 e. The first-order chi connectivity index (χ1) is 14.5. The molecule has 0 bridgehead atoms. The lowest BCUT2D eigenvalue weighted by molar-refractivity contribution is -0.0505. The predicted octanol–water partition coefficient (Wildman–Crippen LogP) is 3.50. The second-order valence-corrected chi connectivity index (χ2v) is 6.74. The molecule has 0 unspecified atom stereocenters. The molecule has 0 aliphatic heterocycles. The maximum absolute atomic E-state index is 12.8. The number of ether oxygens (including phenoxy) is 2. The summed E-state index contributed by atoms with van der Waals surface area (Å²) < 4.78 is 37.6. The van der Waals surface area contributed by atoms with Gasteiger partial charge in [-0.05, 0) is 43.9 Å². The highest BCUT2D eigenvalue weighted by atomic mass is 19.3. The van der Waals surface area contributed by atoms with Gasteiger partial charge < -0.3 is 20.1 Å². The number of aryl methyl sites for hydroxylation is 2. The minimum Gasteiger partial charge on any atom is -0.493 e. The van der Waals surface area contributed by atoms with Crippen LogP contribution in [0.25, 0.3) is 0 Å². The molecule has 0 atom stereocenters. The maximum atomic E-state index is 12.8. The van der Waals surface area contributed by atoms with E-state index in [9.17, 15) is 8.78 Å². The number of nitrogens with zero attached hydrogens (tertiary/aromatic N) is 3. The van der Waals surface area contributed by atoms with E-state index in [-0.39, 0.29) is 12.3 Å². The number of aromatic nitrogens is 2. The zero-order valence-electron chi connectivity index (χ0n) is 17.8. The van der Waals surface area contributed by atoms with Crippen molar-refractivity contribution in [1.82, 2.24) is 20.4 Å². The summed E-state index contributed by atoms with van der Waals surface area (Å²) in [5.74, 6) is 1.20. The monoisotopic (exact) mass is 423 g/mol. The van der Waals surface area contributed by atoms with Gasteiger partial charge in [-0.25, -0.2) is 4.99 Å². The van der Waals surface area contributed by atoms with Gasteiger partial charge in [-0.3, -0.25) is 4.68 Å². The third-order valence-electron chi connectivity index (χ3n) is 4.17. The third kappa shape index (κ3) is 8.26. The minimum absolute atomic E-state index is 0.0785. The molecule has 7 nitrogen and oxygen atoms in total. The molecule has 0 saturated heterocycles. The fourth-order valence-electron chi connectivity index (χ4n) is 2.79. The average molecular weight is 424 g/mol. The van der Waals surface area contributed by atoms with Gasteiger partial charge in [-0.1, -0.05) is 6.92 Å². The first kappa shape index (κ1) is 23.4. The first-order valence-corrected chi connectivity index (χ1v) is 10.2. The lowest BCUT2D eigenvalue weighted by Crippen LogP contribution is -2.37. The number of hydrogen-bond donors (Lipinski definition) is 2. The van der Waals surface area contributed by atoms with Gasteiger partial charge in [-0.2, -0.15) is 13.9 Å². The van der Waals surface area contributed by atoms with Crippen molar-refractivity contribution in [3.05, 3.63) is 41.7 Å². The molecule has 0 radical (unpaired) electrons. The van der Waals surface area contributed by atoms with E-state index in [0.717, 1.165) is 25.8 Å². The lowest BCUT2D eigenvalue weighted by atomic mass is 10.2. The van der Waals surface area contributed by atoms with Crippen LogP contribution in [0.1, 0.15) is 37.8 Å². The summed E-state index contributed by atoms with van der Waals surface area (Å²) in [6.07, 6.45) is 6.51. The molecule has 30 heavy (non-hydrogen) atoms. The van der Waals surface area contributed by atoms with E-state index in [1.807, 2.05) is 33.3 Å². The highest BCUT2D eigenvalue weighted by Crippen LogP contribution is 2.27. The van der Waals surface area contributed by atoms with E-state index >= 15 is 0 Å². The highest BCUT2D eigenvalue weighted by molar-refractivity contribution is 5.79. The molecular weight excluding hydrogens is 392 g/mol. The van der Waals surface area contributed by atoms with Crippen LogP contribution in [0.4, 0.5) is 8.78 Å². The average Bonchev–Trinajstić information content (AvgIpc) is 3.13. The number of aliphatic imine (C=N–C) groups is 1. The second-order valence-electron chi connectivity index (χ2n) is 6.74. The molecule has 1 heterocycles. The molecule has 0 saturated carbocycles. The Morgan fingerprint density at radius 3 is 2.77 bits per heavy atom. The van der Waals surface area contributed by atoms with Gasteiger partial charge in [-0.15, -0.1) is 0 Å². The van der Waals surface area contributed by atoms with Crippen LogP contribution < -0.4 is 20.1 Å². The Balaban J connectivity index is 1.97. The van der Waals surface area contributed by atoms with Crippen molar-refractivity contribution in [2.75, 3.05) is 19.7 Å². The summed E-state index contributed by atoms with van der Waals surface area (Å²) in [5, 5.41) is 10.6. The molecule has 1 aromatic carbocycles. The zero-order valence-corrected chi connectivity index (χ0v) is 17.8. The zero-order chi connectivity index (χ0) is 21.8. The van der Waals surface area contributed by atoms with Gasteiger partial charge in [0.25, 0.3) is 0 Å². The summed E-state index contributed by atoms with van der Waals surface area (Å²) in [5.41, 5.74) is 1.74. The van der Waals surface area contributed by atoms with Gasteiger partial charge in [0.1, 0.15) is 11.5 Å². The van der Waals surface area contributed by atoms with Crippen molar-refractivity contribution in [3.63, 3.8) is 0 Å². The molecule has 0 spiro atoms. The second kappa shape index (κ2) is 12.7. The van der Waals surface area contributed by atoms with Crippen molar-refractivity contribution >= 4 is 5.96 Å². The molecule has 9 heteroatoms. The van der Waals surface area contributed by atoms with Crippen LogP contribution in [-0.4, -0.2) is 42.0 Å². The molecule has 2 N–H and O–H groups in total. The molecule has 1 aromatic heterocycles. The summed E-state index contributed by atoms with van der Waals surface area (Å²) in [4.78, 5) is 4.50. The molecule has 0 aliphatic carbocycles. The molecular formula is C21H31F2N5O2. The van der Waals surface area contributed by atoms with Crippen LogP contribution in [0.3, 0.4) is 0 Å². The highest BCUT2D eigenvalue weighted by Gasteiger charge is 2.12. The number of hydrogen-bond acceptors (Lipinski definition) is 4. The SMILES string of the molecule is CCCOc1ccc(CN=C(NCC)NCCCc2cnn(C)c2)c(OC(F)F)c1. The van der Waals surface area contributed by atoms with Gasteiger partial charge in [0.05, 0.1) is 19.3 Å². The van der Waals surface area contributed by atoms with Crippen LogP contribution in [-0.2, 0) is 20.0 Å². The molecule has 0 fully saturated rings. The predicted molar refractivity (Wildman–Crippen MR) is 113 cm³/mol. The summed E-state index contributed by atoms with van der Waals surface area (Å²) in [6.45, 7) is 3.17. The van der Waals surface area contributed by atoms with Crippen LogP contribution in [0, 0.1) is 0 Å². The molecule has 166 valence electrons. The van der Waals surface area contributed by atoms with Gasteiger partial charge in [0, 0.05) is 38.0 Å². The van der Waals surface area contributed by atoms with Crippen molar-refractivity contribution in [2.45, 2.75) is 46.3 Å². The summed E-state index contributed by atoms with van der Waals surface area (Å²) in [7, 11) is 1.89. The normalized spacial score (nSPS) is 11.6. The van der Waals surface area contributed by atoms with E-state index in [2.05, 4.69) is 25.5 Å². The van der Waals surface area contributed by atoms with Gasteiger partial charge >= 0.3 is 6.61 Å². The van der Waals surface area contributed by atoms with E-state index in [1.165, 1.54) is 11.6 Å². The van der Waals surface area contributed by atoms with Crippen LogP contribution in [0.15, 0.2) is 35.6 Å². The molecule has 2 rings (SSSR count). The van der Waals surface area contributed by atoms with E-state index < -0.39 is 6.61 Å². The summed E-state index contributed by atoms with van der Waals surface area (Å²) in [6, 6.07) is 4.94.